The van der Waals surface area contributed by atoms with Gasteiger partial charge < -0.3 is 5.32 Å². The molecule has 0 aliphatic heterocycles. The van der Waals surface area contributed by atoms with Gasteiger partial charge in [-0.05, 0) is 62.8 Å². The van der Waals surface area contributed by atoms with Gasteiger partial charge >= 0.3 is 0 Å². The van der Waals surface area contributed by atoms with Gasteiger partial charge in [-0.1, -0.05) is 6.42 Å². The molecule has 0 amide bonds. The Balaban J connectivity index is 1.59. The molecule has 1 heterocycles. The molecule has 1 aromatic rings. The summed E-state index contributed by atoms with van der Waals surface area (Å²) in [6.07, 6.45) is 6.95. The topological polar surface area (TPSA) is 61.6 Å². The molecule has 106 valence electrons. The zero-order valence-electron chi connectivity index (χ0n) is 12.3. The van der Waals surface area contributed by atoms with E-state index in [9.17, 15) is 5.26 Å². The summed E-state index contributed by atoms with van der Waals surface area (Å²) in [6, 6.07) is 2.25. The summed E-state index contributed by atoms with van der Waals surface area (Å²) in [5.41, 5.74) is 2.41. The highest BCUT2D eigenvalue weighted by atomic mass is 15.2. The second-order valence-corrected chi connectivity index (χ2v) is 6.40. The maximum Gasteiger partial charge on any atom is 0.166 e. The third-order valence-electron chi connectivity index (χ3n) is 5.26. The van der Waals surface area contributed by atoms with Crippen molar-refractivity contribution in [3.63, 3.8) is 0 Å². The van der Waals surface area contributed by atoms with Crippen molar-refractivity contribution in [1.82, 2.24) is 10.2 Å². The number of anilines is 1. The molecule has 2 saturated carbocycles. The van der Waals surface area contributed by atoms with E-state index >= 15 is 0 Å². The third-order valence-corrected chi connectivity index (χ3v) is 5.26. The molecule has 0 radical (unpaired) electrons. The minimum absolute atomic E-state index is 0.644. The van der Waals surface area contributed by atoms with Crippen LogP contribution in [0.15, 0.2) is 0 Å². The van der Waals surface area contributed by atoms with Crippen molar-refractivity contribution in [1.29, 1.82) is 5.26 Å². The maximum atomic E-state index is 9.26. The molecule has 2 aliphatic rings. The zero-order valence-corrected chi connectivity index (χ0v) is 12.3. The zero-order chi connectivity index (χ0) is 14.1. The molecule has 4 nitrogen and oxygen atoms in total. The highest BCUT2D eigenvalue weighted by Gasteiger charge is 2.38. The second-order valence-electron chi connectivity index (χ2n) is 6.40. The molecule has 3 unspecified atom stereocenters. The highest BCUT2D eigenvalue weighted by molar-refractivity contribution is 5.55. The number of aryl methyl sites for hydroxylation is 1. The fraction of sp³-hybridized carbons (Fsp3) is 0.688. The molecule has 2 fully saturated rings. The minimum atomic E-state index is 0.644. The van der Waals surface area contributed by atoms with Crippen LogP contribution in [-0.2, 0) is 0 Å². The number of hydrogen-bond donors (Lipinski definition) is 1. The van der Waals surface area contributed by atoms with Crippen LogP contribution in [0.2, 0.25) is 0 Å². The van der Waals surface area contributed by atoms with Crippen LogP contribution >= 0.6 is 0 Å². The van der Waals surface area contributed by atoms with E-state index in [1.54, 1.807) is 0 Å². The van der Waals surface area contributed by atoms with Gasteiger partial charge in [0.1, 0.15) is 11.6 Å². The molecule has 0 saturated heterocycles. The molecule has 20 heavy (non-hydrogen) atoms. The van der Waals surface area contributed by atoms with Crippen LogP contribution in [0.4, 0.5) is 5.82 Å². The van der Waals surface area contributed by atoms with E-state index in [1.807, 2.05) is 13.8 Å². The lowest BCUT2D eigenvalue weighted by atomic mass is 9.86. The van der Waals surface area contributed by atoms with Crippen molar-refractivity contribution in [3.05, 3.63) is 16.8 Å². The standard InChI is InChI=1S/C16H22N4/c1-10-11(2)19-20-16(15(10)9-17)18-6-5-14-8-12-3-4-13(14)7-12/h12-14H,3-8H2,1-2H3,(H,18,20). The molecule has 2 aliphatic carbocycles. The lowest BCUT2D eigenvalue weighted by Crippen LogP contribution is -2.16. The molecule has 0 spiro atoms. The van der Waals surface area contributed by atoms with Crippen molar-refractivity contribution in [2.24, 2.45) is 17.8 Å². The second kappa shape index (κ2) is 5.40. The number of fused-ring (bicyclic) bond motifs is 2. The molecule has 1 aromatic heterocycles. The van der Waals surface area contributed by atoms with E-state index < -0.39 is 0 Å². The number of nitrogens with zero attached hydrogens (tertiary/aromatic N) is 3. The number of hydrogen-bond acceptors (Lipinski definition) is 4. The Morgan fingerprint density at radius 3 is 2.75 bits per heavy atom. The number of aromatic nitrogens is 2. The van der Waals surface area contributed by atoms with Gasteiger partial charge in [0.05, 0.1) is 5.69 Å². The first-order valence-corrected chi connectivity index (χ1v) is 7.67. The first-order chi connectivity index (χ1) is 9.69. The summed E-state index contributed by atoms with van der Waals surface area (Å²) in [4.78, 5) is 0. The SMILES string of the molecule is Cc1nnc(NCCC2CC3CCC2C3)c(C#N)c1C. The van der Waals surface area contributed by atoms with E-state index in [0.717, 1.165) is 35.6 Å². The Bertz CT molecular complexity index is 546. The van der Waals surface area contributed by atoms with Crippen LogP contribution in [0.3, 0.4) is 0 Å². The quantitative estimate of drug-likeness (QED) is 0.912. The van der Waals surface area contributed by atoms with E-state index in [4.69, 9.17) is 0 Å². The average Bonchev–Trinajstić information content (AvgIpc) is 3.05. The largest absolute Gasteiger partial charge is 0.367 e. The van der Waals surface area contributed by atoms with Crippen LogP contribution in [0.5, 0.6) is 0 Å². The van der Waals surface area contributed by atoms with Crippen molar-refractivity contribution >= 4 is 5.82 Å². The Morgan fingerprint density at radius 1 is 1.25 bits per heavy atom. The summed E-state index contributed by atoms with van der Waals surface area (Å²) in [5, 5.41) is 20.8. The van der Waals surface area contributed by atoms with E-state index in [1.165, 1.54) is 32.1 Å². The lowest BCUT2D eigenvalue weighted by Gasteiger charge is -2.21. The normalized spacial score (nSPS) is 27.6. The van der Waals surface area contributed by atoms with Gasteiger partial charge in [0.15, 0.2) is 5.82 Å². The van der Waals surface area contributed by atoms with Crippen LogP contribution in [0, 0.1) is 42.9 Å². The summed E-state index contributed by atoms with van der Waals surface area (Å²) in [6.45, 7) is 4.73. The molecule has 3 atom stereocenters. The van der Waals surface area contributed by atoms with Crippen LogP contribution < -0.4 is 5.32 Å². The van der Waals surface area contributed by atoms with Gasteiger partial charge in [-0.25, -0.2) is 0 Å². The monoisotopic (exact) mass is 270 g/mol. The fourth-order valence-electron chi connectivity index (χ4n) is 3.98. The Hall–Kier alpha value is -1.63. The predicted molar refractivity (Wildman–Crippen MR) is 78.3 cm³/mol. The third kappa shape index (κ3) is 2.37. The van der Waals surface area contributed by atoms with Crippen LogP contribution in [0.1, 0.15) is 48.9 Å². The molecule has 0 aromatic carbocycles. The summed E-state index contributed by atoms with van der Waals surface area (Å²) < 4.78 is 0. The molecular formula is C16H22N4. The van der Waals surface area contributed by atoms with E-state index in [-0.39, 0.29) is 0 Å². The Morgan fingerprint density at radius 2 is 2.10 bits per heavy atom. The van der Waals surface area contributed by atoms with Gasteiger partial charge in [-0.3, -0.25) is 0 Å². The first-order valence-electron chi connectivity index (χ1n) is 7.67. The van der Waals surface area contributed by atoms with Crippen LogP contribution in [-0.4, -0.2) is 16.7 Å². The van der Waals surface area contributed by atoms with Crippen molar-refractivity contribution in [2.75, 3.05) is 11.9 Å². The molecule has 2 bridgehead atoms. The molecule has 3 rings (SSSR count). The molecular weight excluding hydrogens is 248 g/mol. The number of nitrogens with one attached hydrogen (secondary N) is 1. The van der Waals surface area contributed by atoms with Gasteiger partial charge in [0, 0.05) is 6.54 Å². The van der Waals surface area contributed by atoms with Crippen molar-refractivity contribution < 1.29 is 0 Å². The van der Waals surface area contributed by atoms with E-state index in [2.05, 4.69) is 21.6 Å². The number of rotatable bonds is 4. The highest BCUT2D eigenvalue weighted by Crippen LogP contribution is 2.49. The van der Waals surface area contributed by atoms with Crippen molar-refractivity contribution in [3.8, 4) is 6.07 Å². The van der Waals surface area contributed by atoms with Gasteiger partial charge in [0.25, 0.3) is 0 Å². The fourth-order valence-corrected chi connectivity index (χ4v) is 3.98. The summed E-state index contributed by atoms with van der Waals surface area (Å²) >= 11 is 0. The van der Waals surface area contributed by atoms with Gasteiger partial charge in [-0.2, -0.15) is 10.4 Å². The van der Waals surface area contributed by atoms with Gasteiger partial charge in [-0.15, -0.1) is 5.10 Å². The summed E-state index contributed by atoms with van der Waals surface area (Å²) in [7, 11) is 0. The summed E-state index contributed by atoms with van der Waals surface area (Å²) in [5.74, 6) is 3.49. The predicted octanol–water partition coefficient (Wildman–Crippen LogP) is 3.20. The van der Waals surface area contributed by atoms with E-state index in [0.29, 0.717) is 11.4 Å². The van der Waals surface area contributed by atoms with Crippen LogP contribution in [0.25, 0.3) is 0 Å². The average molecular weight is 270 g/mol. The molecule has 1 N–H and O–H groups in total. The first kappa shape index (κ1) is 13.4. The van der Waals surface area contributed by atoms with Gasteiger partial charge in [0.2, 0.25) is 0 Å². The smallest absolute Gasteiger partial charge is 0.166 e. The van der Waals surface area contributed by atoms with Crippen molar-refractivity contribution in [2.45, 2.75) is 46.0 Å². The lowest BCUT2D eigenvalue weighted by molar-refractivity contribution is 0.320. The molecule has 4 heteroatoms. The maximum absolute atomic E-state index is 9.26. The number of nitriles is 1. The Kier molecular flexibility index (Phi) is 3.60. The Labute approximate surface area is 120 Å². The minimum Gasteiger partial charge on any atom is -0.367 e.